The lowest BCUT2D eigenvalue weighted by Gasteiger charge is -2.32. The first-order valence-electron chi connectivity index (χ1n) is 13.4. The summed E-state index contributed by atoms with van der Waals surface area (Å²) in [5.41, 5.74) is 0.537. The molecule has 0 saturated heterocycles. The maximum atomic E-state index is 12.6. The van der Waals surface area contributed by atoms with Gasteiger partial charge in [0.15, 0.2) is 6.79 Å². The maximum Gasteiger partial charge on any atom is 0.474 e. The molecule has 1 unspecified atom stereocenters. The zero-order valence-corrected chi connectivity index (χ0v) is 27.3. The highest BCUT2D eigenvalue weighted by Crippen LogP contribution is 2.48. The van der Waals surface area contributed by atoms with Crippen molar-refractivity contribution < 1.29 is 37.1 Å². The first-order valence-corrected chi connectivity index (χ1v) is 16.0. The van der Waals surface area contributed by atoms with Crippen LogP contribution in [0.2, 0.25) is 5.02 Å². The van der Waals surface area contributed by atoms with Gasteiger partial charge in [0, 0.05) is 31.2 Å². The number of aryl methyl sites for hydroxylation is 1. The molecule has 2 aromatic rings. The van der Waals surface area contributed by atoms with E-state index in [4.69, 9.17) is 39.4 Å². The van der Waals surface area contributed by atoms with Crippen LogP contribution in [0.5, 0.6) is 5.75 Å². The summed E-state index contributed by atoms with van der Waals surface area (Å²) < 4.78 is 44.1. The summed E-state index contributed by atoms with van der Waals surface area (Å²) in [6, 6.07) is 12.2. The van der Waals surface area contributed by atoms with Crippen molar-refractivity contribution in [3.63, 3.8) is 0 Å². The quantitative estimate of drug-likeness (QED) is 0.155. The Morgan fingerprint density at radius 1 is 1.07 bits per heavy atom. The SMILES string of the molecule is COCOc1ccc(C2CC2)cc1Sc1ccc(CCC(C)(COP(=O)(OC)OC)NC(=O)OC(C)(C)C)c(Cl)c1. The third-order valence-corrected chi connectivity index (χ3v) is 9.06. The van der Waals surface area contributed by atoms with E-state index >= 15 is 0 Å². The minimum atomic E-state index is -3.76. The molecule has 3 rings (SSSR count). The van der Waals surface area contributed by atoms with E-state index in [0.29, 0.717) is 23.8 Å². The number of phosphoric ester groups is 1. The molecule has 1 N–H and O–H groups in total. The Morgan fingerprint density at radius 3 is 2.37 bits per heavy atom. The molecule has 1 aliphatic carbocycles. The van der Waals surface area contributed by atoms with Crippen LogP contribution in [-0.2, 0) is 34.0 Å². The van der Waals surface area contributed by atoms with Crippen LogP contribution < -0.4 is 10.1 Å². The molecule has 0 spiro atoms. The number of hydrogen-bond donors (Lipinski definition) is 1. The zero-order chi connectivity index (χ0) is 30.3. The molecule has 0 aliphatic heterocycles. The number of methoxy groups -OCH3 is 1. The van der Waals surface area contributed by atoms with E-state index in [2.05, 4.69) is 17.4 Å². The Kier molecular flexibility index (Phi) is 12.0. The lowest BCUT2D eigenvalue weighted by atomic mass is 9.94. The van der Waals surface area contributed by atoms with Gasteiger partial charge in [0.2, 0.25) is 0 Å². The summed E-state index contributed by atoms with van der Waals surface area (Å²) >= 11 is 8.32. The van der Waals surface area contributed by atoms with Crippen LogP contribution in [0.4, 0.5) is 4.79 Å². The monoisotopic (exact) mass is 629 g/mol. The fourth-order valence-corrected chi connectivity index (χ4v) is 6.10. The van der Waals surface area contributed by atoms with Crippen LogP contribution in [0.25, 0.3) is 0 Å². The number of alkyl carbamates (subject to hydrolysis) is 1. The third-order valence-electron chi connectivity index (χ3n) is 6.34. The second-order valence-corrected chi connectivity index (χ2v) is 14.6. The van der Waals surface area contributed by atoms with Gasteiger partial charge in [-0.25, -0.2) is 9.36 Å². The van der Waals surface area contributed by atoms with Crippen molar-refractivity contribution in [1.29, 1.82) is 0 Å². The fraction of sp³-hybridized carbons (Fsp3) is 0.552. The van der Waals surface area contributed by atoms with Gasteiger partial charge in [-0.1, -0.05) is 35.5 Å². The number of ether oxygens (including phenoxy) is 3. The first-order chi connectivity index (χ1) is 19.3. The summed E-state index contributed by atoms with van der Waals surface area (Å²) in [5.74, 6) is 1.38. The summed E-state index contributed by atoms with van der Waals surface area (Å²) in [5, 5.41) is 3.45. The number of benzene rings is 2. The number of carbonyl (C=O) groups excluding carboxylic acids is 1. The minimum absolute atomic E-state index is 0.141. The summed E-state index contributed by atoms with van der Waals surface area (Å²) in [4.78, 5) is 14.6. The third kappa shape index (κ3) is 10.8. The predicted octanol–water partition coefficient (Wildman–Crippen LogP) is 7.98. The highest BCUT2D eigenvalue weighted by atomic mass is 35.5. The van der Waals surface area contributed by atoms with Crippen molar-refractivity contribution in [1.82, 2.24) is 5.32 Å². The van der Waals surface area contributed by atoms with Gasteiger partial charge in [-0.15, -0.1) is 0 Å². The Labute approximate surface area is 252 Å². The van der Waals surface area contributed by atoms with E-state index in [1.165, 1.54) is 32.6 Å². The summed E-state index contributed by atoms with van der Waals surface area (Å²) in [7, 11) is 0.298. The molecule has 1 amide bonds. The number of carbonyl (C=O) groups is 1. The summed E-state index contributed by atoms with van der Waals surface area (Å²) in [6.07, 6.45) is 2.72. The van der Waals surface area contributed by atoms with Crippen LogP contribution in [-0.4, -0.2) is 52.0 Å². The van der Waals surface area contributed by atoms with Gasteiger partial charge in [-0.2, -0.15) is 0 Å². The van der Waals surface area contributed by atoms with E-state index in [1.807, 2.05) is 24.3 Å². The smallest absolute Gasteiger partial charge is 0.466 e. The Hall–Kier alpha value is -1.78. The van der Waals surface area contributed by atoms with Crippen molar-refractivity contribution in [3.05, 3.63) is 52.5 Å². The minimum Gasteiger partial charge on any atom is -0.466 e. The maximum absolute atomic E-state index is 12.6. The molecule has 1 fully saturated rings. The van der Waals surface area contributed by atoms with Crippen molar-refractivity contribution >= 4 is 37.3 Å². The van der Waals surface area contributed by atoms with Gasteiger partial charge in [-0.3, -0.25) is 13.6 Å². The van der Waals surface area contributed by atoms with Gasteiger partial charge < -0.3 is 19.5 Å². The number of hydrogen-bond acceptors (Lipinski definition) is 9. The van der Waals surface area contributed by atoms with Crippen molar-refractivity contribution in [3.8, 4) is 5.75 Å². The standard InChI is InChI=1S/C29H41ClNO8PS/c1-28(2,3)39-27(32)31-29(4,18-38-40(33,35-6)36-7)15-14-21-10-12-23(17-24(21)30)41-26-16-22(20-8-9-20)11-13-25(26)37-19-34-5/h10-13,16-17,20H,8-9,14-15,18-19H2,1-7H3,(H,31,32). The number of amides is 1. The molecule has 228 valence electrons. The molecular weight excluding hydrogens is 589 g/mol. The predicted molar refractivity (Wildman–Crippen MR) is 160 cm³/mol. The number of halogens is 1. The van der Waals surface area contributed by atoms with Crippen LogP contribution in [0.3, 0.4) is 0 Å². The number of nitrogens with one attached hydrogen (secondary N) is 1. The molecule has 9 nitrogen and oxygen atoms in total. The van der Waals surface area contributed by atoms with Crippen molar-refractivity contribution in [2.24, 2.45) is 0 Å². The topological polar surface area (TPSA) is 102 Å². The molecule has 0 heterocycles. The molecular formula is C29H41ClNO8PS. The highest BCUT2D eigenvalue weighted by molar-refractivity contribution is 7.99. The lowest BCUT2D eigenvalue weighted by molar-refractivity contribution is 0.0389. The van der Waals surface area contributed by atoms with E-state index in [-0.39, 0.29) is 13.4 Å². The van der Waals surface area contributed by atoms with E-state index in [9.17, 15) is 9.36 Å². The van der Waals surface area contributed by atoms with Crippen LogP contribution in [0, 0.1) is 0 Å². The van der Waals surface area contributed by atoms with Gasteiger partial charge >= 0.3 is 13.9 Å². The molecule has 2 aromatic carbocycles. The molecule has 1 saturated carbocycles. The molecule has 0 bridgehead atoms. The lowest BCUT2D eigenvalue weighted by Crippen LogP contribution is -2.51. The van der Waals surface area contributed by atoms with Gasteiger partial charge in [0.05, 0.1) is 17.0 Å². The van der Waals surface area contributed by atoms with Crippen LogP contribution >= 0.6 is 31.2 Å². The molecule has 1 atom stereocenters. The van der Waals surface area contributed by atoms with E-state index in [1.54, 1.807) is 46.6 Å². The molecule has 1 aliphatic rings. The van der Waals surface area contributed by atoms with Crippen molar-refractivity contribution in [2.75, 3.05) is 34.7 Å². The van der Waals surface area contributed by atoms with Crippen LogP contribution in [0.15, 0.2) is 46.2 Å². The average molecular weight is 630 g/mol. The molecule has 12 heteroatoms. The molecule has 0 radical (unpaired) electrons. The van der Waals surface area contributed by atoms with Crippen LogP contribution in [0.1, 0.15) is 64.0 Å². The normalized spacial score (nSPS) is 15.3. The highest BCUT2D eigenvalue weighted by Gasteiger charge is 2.34. The Balaban J connectivity index is 1.74. The number of rotatable bonds is 15. The second-order valence-electron chi connectivity index (χ2n) is 11.2. The number of phosphoric acid groups is 1. The van der Waals surface area contributed by atoms with Gasteiger partial charge in [0.25, 0.3) is 0 Å². The molecule has 0 aromatic heterocycles. The fourth-order valence-electron chi connectivity index (χ4n) is 3.97. The zero-order valence-electron chi connectivity index (χ0n) is 24.8. The van der Waals surface area contributed by atoms with Gasteiger partial charge in [-0.05, 0) is 94.7 Å². The Morgan fingerprint density at radius 2 is 1.78 bits per heavy atom. The largest absolute Gasteiger partial charge is 0.474 e. The Bertz CT molecular complexity index is 1230. The average Bonchev–Trinajstić information content (AvgIpc) is 3.75. The first kappa shape index (κ1) is 33.7. The van der Waals surface area contributed by atoms with Crippen molar-refractivity contribution in [2.45, 2.75) is 80.2 Å². The molecule has 41 heavy (non-hydrogen) atoms. The second kappa shape index (κ2) is 14.6. The van der Waals surface area contributed by atoms with E-state index in [0.717, 1.165) is 21.1 Å². The summed E-state index contributed by atoms with van der Waals surface area (Å²) in [6.45, 7) is 7.13. The van der Waals surface area contributed by atoms with E-state index < -0.39 is 25.1 Å². The van der Waals surface area contributed by atoms with Gasteiger partial charge in [0.1, 0.15) is 11.4 Å².